The normalized spacial score (nSPS) is 21.3. The van der Waals surface area contributed by atoms with Gasteiger partial charge in [0.2, 0.25) is 0 Å². The third kappa shape index (κ3) is 2.68. The van der Waals surface area contributed by atoms with Crippen molar-refractivity contribution in [3.63, 3.8) is 0 Å². The number of likely N-dealkylation sites (tertiary alicyclic amines) is 1. The van der Waals surface area contributed by atoms with E-state index in [9.17, 15) is 0 Å². The molecule has 4 nitrogen and oxygen atoms in total. The Morgan fingerprint density at radius 3 is 2.90 bits per heavy atom. The van der Waals surface area contributed by atoms with E-state index >= 15 is 0 Å². The van der Waals surface area contributed by atoms with E-state index in [2.05, 4.69) is 32.5 Å². The second-order valence-corrected chi connectivity index (χ2v) is 6.95. The molecule has 0 amide bonds. The minimum absolute atomic E-state index is 0.619. The molecule has 2 heterocycles. The Labute approximate surface area is 125 Å². The van der Waals surface area contributed by atoms with Gasteiger partial charge in [-0.25, -0.2) is 4.98 Å². The van der Waals surface area contributed by atoms with Gasteiger partial charge in [0.1, 0.15) is 0 Å². The maximum Gasteiger partial charge on any atom is 0.193 e. The number of rotatable bonds is 3. The third-order valence-corrected chi connectivity index (χ3v) is 5.74. The van der Waals surface area contributed by atoms with Gasteiger partial charge in [0.05, 0.1) is 17.2 Å². The number of nitrogens with one attached hydrogen (secondary N) is 1. The fourth-order valence-corrected chi connectivity index (χ4v) is 4.04. The zero-order valence-electron chi connectivity index (χ0n) is 12.5. The van der Waals surface area contributed by atoms with Gasteiger partial charge in [0.25, 0.3) is 0 Å². The van der Waals surface area contributed by atoms with Crippen LogP contribution in [0.15, 0.2) is 10.4 Å². The zero-order valence-corrected chi connectivity index (χ0v) is 13.3. The fraction of sp³-hybridized carbons (Fsp3) is 0.733. The summed E-state index contributed by atoms with van der Waals surface area (Å²) in [6, 6.07) is 0. The molecular formula is C15H24N4S. The van der Waals surface area contributed by atoms with Crippen molar-refractivity contribution >= 4 is 17.3 Å². The highest BCUT2D eigenvalue weighted by molar-refractivity contribution is 7.09. The topological polar surface area (TPSA) is 40.5 Å². The van der Waals surface area contributed by atoms with E-state index in [0.29, 0.717) is 5.41 Å². The average Bonchev–Trinajstić information content (AvgIpc) is 3.05. The molecule has 5 heteroatoms. The Bertz CT molecular complexity index is 490. The molecule has 0 unspecified atom stereocenters. The first-order chi connectivity index (χ1) is 9.74. The van der Waals surface area contributed by atoms with Crippen molar-refractivity contribution in [2.45, 2.75) is 45.6 Å². The van der Waals surface area contributed by atoms with Crippen LogP contribution in [0.1, 0.15) is 43.3 Å². The minimum Gasteiger partial charge on any atom is -0.351 e. The second-order valence-electron chi connectivity index (χ2n) is 6.01. The molecular weight excluding hydrogens is 268 g/mol. The molecule has 1 aromatic rings. The number of hydrogen-bond donors (Lipinski definition) is 1. The molecule has 1 saturated carbocycles. The molecule has 1 aliphatic carbocycles. The predicted octanol–water partition coefficient (Wildman–Crippen LogP) is 2.66. The van der Waals surface area contributed by atoms with Gasteiger partial charge < -0.3 is 10.2 Å². The van der Waals surface area contributed by atoms with Gasteiger partial charge in [-0.2, -0.15) is 0 Å². The number of hydrogen-bond acceptors (Lipinski definition) is 3. The van der Waals surface area contributed by atoms with Crippen molar-refractivity contribution in [1.82, 2.24) is 15.2 Å². The summed E-state index contributed by atoms with van der Waals surface area (Å²) in [6.45, 7) is 5.27. The van der Waals surface area contributed by atoms with Crippen molar-refractivity contribution in [2.24, 2.45) is 10.4 Å². The SMILES string of the molecule is CCc1nc(CNC(=NC)N2CCC3(CCC3)C2)cs1. The Morgan fingerprint density at radius 1 is 1.50 bits per heavy atom. The molecule has 0 atom stereocenters. The van der Waals surface area contributed by atoms with Gasteiger partial charge in [0, 0.05) is 25.5 Å². The van der Waals surface area contributed by atoms with Crippen LogP contribution in [0.5, 0.6) is 0 Å². The summed E-state index contributed by atoms with van der Waals surface area (Å²) in [4.78, 5) is 11.5. The molecule has 1 N–H and O–H groups in total. The highest BCUT2D eigenvalue weighted by Gasteiger charge is 2.43. The Kier molecular flexibility index (Phi) is 3.96. The molecule has 20 heavy (non-hydrogen) atoms. The monoisotopic (exact) mass is 292 g/mol. The van der Waals surface area contributed by atoms with E-state index in [-0.39, 0.29) is 0 Å². The summed E-state index contributed by atoms with van der Waals surface area (Å²) < 4.78 is 0. The number of thiazole rings is 1. The van der Waals surface area contributed by atoms with Crippen molar-refractivity contribution in [1.29, 1.82) is 0 Å². The van der Waals surface area contributed by atoms with E-state index in [0.717, 1.165) is 31.2 Å². The predicted molar refractivity (Wildman–Crippen MR) is 84.2 cm³/mol. The van der Waals surface area contributed by atoms with Crippen molar-refractivity contribution < 1.29 is 0 Å². The summed E-state index contributed by atoms with van der Waals surface area (Å²) in [5, 5.41) is 6.83. The van der Waals surface area contributed by atoms with Gasteiger partial charge in [0.15, 0.2) is 5.96 Å². The third-order valence-electron chi connectivity index (χ3n) is 4.69. The van der Waals surface area contributed by atoms with E-state index in [1.165, 1.54) is 37.2 Å². The van der Waals surface area contributed by atoms with Crippen LogP contribution in [0.3, 0.4) is 0 Å². The number of aryl methyl sites for hydroxylation is 1. The maximum atomic E-state index is 4.60. The summed E-state index contributed by atoms with van der Waals surface area (Å²) in [5.74, 6) is 1.04. The Balaban J connectivity index is 1.55. The van der Waals surface area contributed by atoms with Crippen LogP contribution in [0, 0.1) is 5.41 Å². The smallest absolute Gasteiger partial charge is 0.193 e. The molecule has 0 bridgehead atoms. The molecule has 2 fully saturated rings. The van der Waals surface area contributed by atoms with Gasteiger partial charge in [-0.1, -0.05) is 13.3 Å². The maximum absolute atomic E-state index is 4.60. The molecule has 1 saturated heterocycles. The second kappa shape index (κ2) is 5.72. The Hall–Kier alpha value is -1.10. The lowest BCUT2D eigenvalue weighted by Crippen LogP contribution is -2.42. The van der Waals surface area contributed by atoms with Crippen molar-refractivity contribution in [3.05, 3.63) is 16.1 Å². The first kappa shape index (κ1) is 13.9. The van der Waals surface area contributed by atoms with Crippen LogP contribution in [0.4, 0.5) is 0 Å². The minimum atomic E-state index is 0.619. The summed E-state index contributed by atoms with van der Waals surface area (Å²) in [5.41, 5.74) is 1.75. The lowest BCUT2D eigenvalue weighted by molar-refractivity contribution is 0.151. The van der Waals surface area contributed by atoms with Crippen LogP contribution >= 0.6 is 11.3 Å². The van der Waals surface area contributed by atoms with Crippen LogP contribution in [-0.4, -0.2) is 36.0 Å². The first-order valence-corrected chi connectivity index (χ1v) is 8.51. The molecule has 110 valence electrons. The number of guanidine groups is 1. The fourth-order valence-electron chi connectivity index (χ4n) is 3.30. The summed E-state index contributed by atoms with van der Waals surface area (Å²) >= 11 is 1.75. The van der Waals surface area contributed by atoms with Crippen molar-refractivity contribution in [3.8, 4) is 0 Å². The Morgan fingerprint density at radius 2 is 2.35 bits per heavy atom. The number of aliphatic imine (C=N–C) groups is 1. The molecule has 1 aromatic heterocycles. The molecule has 2 aliphatic rings. The van der Waals surface area contributed by atoms with Crippen LogP contribution in [-0.2, 0) is 13.0 Å². The molecule has 0 aromatic carbocycles. The van der Waals surface area contributed by atoms with Crippen molar-refractivity contribution in [2.75, 3.05) is 20.1 Å². The quantitative estimate of drug-likeness (QED) is 0.688. The van der Waals surface area contributed by atoms with Crippen LogP contribution in [0.2, 0.25) is 0 Å². The zero-order chi connectivity index (χ0) is 14.0. The van der Waals surface area contributed by atoms with Gasteiger partial charge in [-0.15, -0.1) is 11.3 Å². The van der Waals surface area contributed by atoms with E-state index in [4.69, 9.17) is 0 Å². The van der Waals surface area contributed by atoms with Gasteiger partial charge in [-0.3, -0.25) is 4.99 Å². The highest BCUT2D eigenvalue weighted by atomic mass is 32.1. The largest absolute Gasteiger partial charge is 0.351 e. The first-order valence-electron chi connectivity index (χ1n) is 7.63. The standard InChI is InChI=1S/C15H24N4S/c1-3-13-18-12(10-20-13)9-17-14(16-2)19-8-7-15(11-19)5-4-6-15/h10H,3-9,11H2,1-2H3,(H,16,17). The summed E-state index contributed by atoms with van der Waals surface area (Å²) in [6.07, 6.45) is 6.59. The number of aromatic nitrogens is 1. The molecule has 3 rings (SSSR count). The van der Waals surface area contributed by atoms with Crippen LogP contribution < -0.4 is 5.32 Å². The van der Waals surface area contributed by atoms with E-state index in [1.807, 2.05) is 7.05 Å². The average molecular weight is 292 g/mol. The lowest BCUT2D eigenvalue weighted by atomic mass is 9.68. The van der Waals surface area contributed by atoms with Crippen LogP contribution in [0.25, 0.3) is 0 Å². The van der Waals surface area contributed by atoms with Gasteiger partial charge in [-0.05, 0) is 31.1 Å². The highest BCUT2D eigenvalue weighted by Crippen LogP contribution is 2.47. The molecule has 0 radical (unpaired) electrons. The van der Waals surface area contributed by atoms with Gasteiger partial charge >= 0.3 is 0 Å². The van der Waals surface area contributed by atoms with E-state index < -0.39 is 0 Å². The lowest BCUT2D eigenvalue weighted by Gasteiger charge is -2.38. The number of nitrogens with zero attached hydrogens (tertiary/aromatic N) is 3. The van der Waals surface area contributed by atoms with E-state index in [1.54, 1.807) is 11.3 Å². The molecule has 1 aliphatic heterocycles. The molecule has 1 spiro atoms. The summed E-state index contributed by atoms with van der Waals surface area (Å²) in [7, 11) is 1.88.